The van der Waals surface area contributed by atoms with Crippen LogP contribution >= 0.6 is 0 Å². The summed E-state index contributed by atoms with van der Waals surface area (Å²) in [4.78, 5) is 28.7. The van der Waals surface area contributed by atoms with Crippen molar-refractivity contribution in [3.63, 3.8) is 0 Å². The van der Waals surface area contributed by atoms with E-state index in [1.54, 1.807) is 24.3 Å². The summed E-state index contributed by atoms with van der Waals surface area (Å²) in [5.41, 5.74) is 0.228. The van der Waals surface area contributed by atoms with Gasteiger partial charge in [0.2, 0.25) is 5.91 Å². The molecule has 1 N–H and O–H groups in total. The molecule has 2 saturated heterocycles. The van der Waals surface area contributed by atoms with Gasteiger partial charge in [-0.15, -0.1) is 5.10 Å². The number of nitrogens with one attached hydrogen (secondary N) is 1. The highest BCUT2D eigenvalue weighted by Crippen LogP contribution is 2.30. The van der Waals surface area contributed by atoms with Gasteiger partial charge in [0.1, 0.15) is 11.6 Å². The van der Waals surface area contributed by atoms with E-state index in [2.05, 4.69) is 15.5 Å². The quantitative estimate of drug-likeness (QED) is 0.511. The van der Waals surface area contributed by atoms with Crippen LogP contribution in [0, 0.1) is 17.6 Å². The third-order valence-electron chi connectivity index (χ3n) is 6.89. The molecule has 3 aromatic rings. The molecule has 0 bridgehead atoms. The lowest BCUT2D eigenvalue weighted by atomic mass is 10.0. The van der Waals surface area contributed by atoms with Crippen LogP contribution in [0.2, 0.25) is 0 Å². The number of amides is 2. The zero-order valence-electron chi connectivity index (χ0n) is 20.3. The summed E-state index contributed by atoms with van der Waals surface area (Å²) in [7, 11) is -3.73. The standard InChI is InChI=1S/C26H25F2N5O4S/c27-18-3-8-22(23(28)14-18)26(35)32-12-9-21(10-13-32)38(36,37)20-6-4-19(5-7-20)33(24-2-1-11-30-31-24)25(34)17-15-29-16-17/h1-8,11,14,17,21,29H,9-10,12-13,15-16H2. The minimum absolute atomic E-state index is 0.104. The zero-order chi connectivity index (χ0) is 26.9. The fourth-order valence-electron chi connectivity index (χ4n) is 4.61. The molecule has 5 rings (SSSR count). The average Bonchev–Trinajstić information content (AvgIpc) is 2.88. The minimum Gasteiger partial charge on any atom is -0.338 e. The van der Waals surface area contributed by atoms with Crippen LogP contribution in [-0.4, -0.2) is 66.8 Å². The highest BCUT2D eigenvalue weighted by molar-refractivity contribution is 7.92. The fraction of sp³-hybridized carbons (Fsp3) is 0.308. The number of hydrogen-bond acceptors (Lipinski definition) is 7. The van der Waals surface area contributed by atoms with Gasteiger partial charge < -0.3 is 10.2 Å². The normalized spacial score (nSPS) is 16.6. The summed E-state index contributed by atoms with van der Waals surface area (Å²) in [5.74, 6) is -2.36. The molecule has 0 atom stereocenters. The number of likely N-dealkylation sites (tertiary alicyclic amines) is 1. The lowest BCUT2D eigenvalue weighted by molar-refractivity contribution is -0.123. The summed E-state index contributed by atoms with van der Waals surface area (Å²) in [6.45, 7) is 1.36. The van der Waals surface area contributed by atoms with E-state index in [-0.39, 0.29) is 48.2 Å². The first-order chi connectivity index (χ1) is 18.3. The first kappa shape index (κ1) is 25.9. The Labute approximate surface area is 218 Å². The number of hydrogen-bond donors (Lipinski definition) is 1. The van der Waals surface area contributed by atoms with Gasteiger partial charge in [-0.05, 0) is 61.4 Å². The number of nitrogens with zero attached hydrogens (tertiary/aromatic N) is 4. The van der Waals surface area contributed by atoms with Gasteiger partial charge in [-0.2, -0.15) is 5.10 Å². The van der Waals surface area contributed by atoms with Crippen LogP contribution in [0.5, 0.6) is 0 Å². The highest BCUT2D eigenvalue weighted by atomic mass is 32.2. The van der Waals surface area contributed by atoms with Crippen LogP contribution in [0.4, 0.5) is 20.3 Å². The third kappa shape index (κ3) is 5.01. The summed E-state index contributed by atoms with van der Waals surface area (Å²) >= 11 is 0. The van der Waals surface area contributed by atoms with E-state index in [1.165, 1.54) is 28.1 Å². The van der Waals surface area contributed by atoms with Crippen molar-refractivity contribution in [3.8, 4) is 0 Å². The smallest absolute Gasteiger partial charge is 0.256 e. The summed E-state index contributed by atoms with van der Waals surface area (Å²) < 4.78 is 53.9. The number of sulfone groups is 1. The van der Waals surface area contributed by atoms with Gasteiger partial charge in [-0.1, -0.05) is 0 Å². The number of carbonyl (C=O) groups excluding carboxylic acids is 2. The van der Waals surface area contributed by atoms with Crippen LogP contribution in [0.1, 0.15) is 23.2 Å². The van der Waals surface area contributed by atoms with Gasteiger partial charge in [0.25, 0.3) is 5.91 Å². The monoisotopic (exact) mass is 541 g/mol. The van der Waals surface area contributed by atoms with Gasteiger partial charge in [-0.25, -0.2) is 17.2 Å². The minimum atomic E-state index is -3.73. The lowest BCUT2D eigenvalue weighted by Crippen LogP contribution is -2.51. The largest absolute Gasteiger partial charge is 0.338 e. The van der Waals surface area contributed by atoms with Crippen molar-refractivity contribution < 1.29 is 26.8 Å². The molecule has 2 aromatic carbocycles. The Kier molecular flexibility index (Phi) is 7.17. The van der Waals surface area contributed by atoms with Crippen LogP contribution in [-0.2, 0) is 14.6 Å². The van der Waals surface area contributed by atoms with Crippen molar-refractivity contribution in [2.45, 2.75) is 23.0 Å². The van der Waals surface area contributed by atoms with Crippen LogP contribution in [0.15, 0.2) is 65.7 Å². The molecule has 2 amide bonds. The van der Waals surface area contributed by atoms with E-state index < -0.39 is 32.6 Å². The predicted molar refractivity (Wildman–Crippen MR) is 134 cm³/mol. The molecule has 9 nitrogen and oxygen atoms in total. The lowest BCUT2D eigenvalue weighted by Gasteiger charge is -2.32. The first-order valence-corrected chi connectivity index (χ1v) is 13.7. The van der Waals surface area contributed by atoms with Gasteiger partial charge in [0.05, 0.1) is 27.3 Å². The second-order valence-electron chi connectivity index (χ2n) is 9.27. The molecule has 12 heteroatoms. The average molecular weight is 542 g/mol. The molecular formula is C26H25F2N5O4S. The maximum absolute atomic E-state index is 14.0. The van der Waals surface area contributed by atoms with E-state index >= 15 is 0 Å². The second-order valence-corrected chi connectivity index (χ2v) is 11.5. The van der Waals surface area contributed by atoms with E-state index in [9.17, 15) is 26.8 Å². The van der Waals surface area contributed by atoms with E-state index in [0.29, 0.717) is 30.7 Å². The molecule has 0 radical (unpaired) electrons. The summed E-state index contributed by atoms with van der Waals surface area (Å²) in [6, 6.07) is 12.2. The number of rotatable bonds is 6. The maximum Gasteiger partial charge on any atom is 0.256 e. The topological polar surface area (TPSA) is 113 Å². The van der Waals surface area contributed by atoms with Gasteiger partial charge in [0, 0.05) is 38.4 Å². The Balaban J connectivity index is 1.30. The van der Waals surface area contributed by atoms with Crippen LogP contribution in [0.3, 0.4) is 0 Å². The van der Waals surface area contributed by atoms with E-state index in [0.717, 1.165) is 12.1 Å². The second kappa shape index (κ2) is 10.5. The van der Waals surface area contributed by atoms with Gasteiger partial charge in [0.15, 0.2) is 15.7 Å². The zero-order valence-corrected chi connectivity index (χ0v) is 21.1. The van der Waals surface area contributed by atoms with Crippen molar-refractivity contribution in [2.24, 2.45) is 5.92 Å². The SMILES string of the molecule is O=C(c1ccc(F)cc1F)N1CCC(S(=O)(=O)c2ccc(N(C(=O)C3CNC3)c3cccnn3)cc2)CC1. The third-order valence-corrected chi connectivity index (χ3v) is 9.17. The first-order valence-electron chi connectivity index (χ1n) is 12.2. The molecule has 0 saturated carbocycles. The van der Waals surface area contributed by atoms with Gasteiger partial charge >= 0.3 is 0 Å². The Morgan fingerprint density at radius 1 is 1.00 bits per heavy atom. The van der Waals surface area contributed by atoms with Crippen molar-refractivity contribution in [3.05, 3.63) is 78.0 Å². The highest BCUT2D eigenvalue weighted by Gasteiger charge is 2.35. The summed E-state index contributed by atoms with van der Waals surface area (Å²) in [6.07, 6.45) is 1.86. The van der Waals surface area contributed by atoms with E-state index in [4.69, 9.17) is 0 Å². The molecule has 3 heterocycles. The molecule has 0 unspecified atom stereocenters. The molecule has 2 aliphatic rings. The molecule has 198 valence electrons. The van der Waals surface area contributed by atoms with Crippen LogP contribution < -0.4 is 10.2 Å². The molecule has 38 heavy (non-hydrogen) atoms. The maximum atomic E-state index is 14.0. The molecule has 0 aliphatic carbocycles. The van der Waals surface area contributed by atoms with Crippen molar-refractivity contribution >= 4 is 33.2 Å². The molecule has 2 aliphatic heterocycles. The Hall–Kier alpha value is -3.77. The Morgan fingerprint density at radius 2 is 1.71 bits per heavy atom. The van der Waals surface area contributed by atoms with Crippen molar-refractivity contribution in [1.29, 1.82) is 0 Å². The number of carbonyl (C=O) groups is 2. The molecule has 2 fully saturated rings. The fourth-order valence-corrected chi connectivity index (χ4v) is 6.34. The Bertz CT molecular complexity index is 1440. The van der Waals surface area contributed by atoms with Crippen molar-refractivity contribution in [1.82, 2.24) is 20.4 Å². The van der Waals surface area contributed by atoms with Crippen molar-refractivity contribution in [2.75, 3.05) is 31.1 Å². The van der Waals surface area contributed by atoms with E-state index in [1.807, 2.05) is 0 Å². The number of aromatic nitrogens is 2. The number of anilines is 2. The Morgan fingerprint density at radius 3 is 2.29 bits per heavy atom. The number of piperidine rings is 1. The molecule has 0 spiro atoms. The summed E-state index contributed by atoms with van der Waals surface area (Å²) in [5, 5.41) is 10.3. The predicted octanol–water partition coefficient (Wildman–Crippen LogP) is 2.72. The number of benzene rings is 2. The molecular weight excluding hydrogens is 516 g/mol. The van der Waals surface area contributed by atoms with Gasteiger partial charge in [-0.3, -0.25) is 14.5 Å². The number of halogens is 2. The molecule has 1 aromatic heterocycles. The van der Waals surface area contributed by atoms with Crippen LogP contribution in [0.25, 0.3) is 0 Å².